The molecule has 0 fully saturated rings. The zero-order chi connectivity index (χ0) is 13.7. The van der Waals surface area contributed by atoms with Crippen LogP contribution in [0.3, 0.4) is 0 Å². The Balaban J connectivity index is 2.23. The number of carbonyl (C=O) groups is 1. The lowest BCUT2D eigenvalue weighted by Crippen LogP contribution is -2.06. The number of rotatable bonds is 0. The molecule has 0 aromatic heterocycles. The highest BCUT2D eigenvalue weighted by atomic mass is 16.1. The van der Waals surface area contributed by atoms with Crippen molar-refractivity contribution in [1.82, 2.24) is 0 Å². The van der Waals surface area contributed by atoms with E-state index in [9.17, 15) is 4.79 Å². The van der Waals surface area contributed by atoms with Gasteiger partial charge >= 0.3 is 0 Å². The molecule has 3 aromatic carbocycles. The molecule has 0 amide bonds. The molecule has 1 heterocycles. The van der Waals surface area contributed by atoms with Gasteiger partial charge in [0.05, 0.1) is 11.3 Å². The number of aliphatic imine (C=N–C) groups is 1. The lowest BCUT2D eigenvalue weighted by atomic mass is 9.91. The van der Waals surface area contributed by atoms with Gasteiger partial charge in [-0.3, -0.25) is 9.79 Å². The van der Waals surface area contributed by atoms with Crippen molar-refractivity contribution in [1.29, 1.82) is 0 Å². The van der Waals surface area contributed by atoms with E-state index in [0.717, 1.165) is 33.0 Å². The summed E-state index contributed by atoms with van der Waals surface area (Å²) in [6.07, 6.45) is 2.11. The molecule has 1 aliphatic rings. The summed E-state index contributed by atoms with van der Waals surface area (Å²) >= 11 is 0. The zero-order valence-corrected chi connectivity index (χ0v) is 11.2. The second kappa shape index (κ2) is 4.01. The van der Waals surface area contributed by atoms with Crippen LogP contribution in [0.2, 0.25) is 0 Å². The summed E-state index contributed by atoms with van der Waals surface area (Å²) in [7, 11) is 0. The van der Waals surface area contributed by atoms with Crippen LogP contribution in [-0.4, -0.2) is 12.0 Å². The number of hydrogen-bond acceptors (Lipinski definition) is 2. The predicted octanol–water partition coefficient (Wildman–Crippen LogP) is 4.59. The number of Topliss-reactive ketones (excluding diaryl/α,β-unsaturated/α-hetero) is 1. The SMILES string of the molecule is Cc1cc2c(c3cc4ccccc4cc13)C(=O)CC=N2. The lowest BCUT2D eigenvalue weighted by Gasteiger charge is -2.15. The van der Waals surface area contributed by atoms with Crippen molar-refractivity contribution in [3.05, 3.63) is 53.6 Å². The summed E-state index contributed by atoms with van der Waals surface area (Å²) in [6, 6.07) is 14.6. The number of carbonyl (C=O) groups excluding carboxylic acids is 1. The van der Waals surface area contributed by atoms with Crippen LogP contribution >= 0.6 is 0 Å². The monoisotopic (exact) mass is 259 g/mol. The average Bonchev–Trinajstić information content (AvgIpc) is 2.46. The second-order valence-electron chi connectivity index (χ2n) is 5.27. The standard InChI is InChI=1S/C18H13NO/c1-11-8-16-18(17(20)6-7-19-16)15-10-13-5-3-2-4-12(13)9-14(11)15/h2-5,7-10H,6H2,1H3. The Bertz CT molecular complexity index is 906. The molecule has 0 bridgehead atoms. The van der Waals surface area contributed by atoms with Gasteiger partial charge < -0.3 is 0 Å². The Labute approximate surface area is 116 Å². The van der Waals surface area contributed by atoms with Gasteiger partial charge in [-0.05, 0) is 52.2 Å². The zero-order valence-electron chi connectivity index (χ0n) is 11.2. The highest BCUT2D eigenvalue weighted by Crippen LogP contribution is 2.36. The van der Waals surface area contributed by atoms with E-state index in [1.54, 1.807) is 6.21 Å². The van der Waals surface area contributed by atoms with E-state index in [2.05, 4.69) is 36.2 Å². The Morgan fingerprint density at radius 3 is 2.45 bits per heavy atom. The van der Waals surface area contributed by atoms with Crippen LogP contribution in [-0.2, 0) is 0 Å². The van der Waals surface area contributed by atoms with Gasteiger partial charge in [-0.1, -0.05) is 24.3 Å². The van der Waals surface area contributed by atoms with Gasteiger partial charge in [-0.15, -0.1) is 0 Å². The van der Waals surface area contributed by atoms with Gasteiger partial charge in [0.1, 0.15) is 0 Å². The number of aryl methyl sites for hydroxylation is 1. The van der Waals surface area contributed by atoms with Crippen LogP contribution in [0.15, 0.2) is 47.5 Å². The Morgan fingerprint density at radius 2 is 1.70 bits per heavy atom. The van der Waals surface area contributed by atoms with Crippen molar-refractivity contribution in [2.75, 3.05) is 0 Å². The third-order valence-electron chi connectivity index (χ3n) is 3.98. The molecule has 0 saturated heterocycles. The molecule has 0 atom stereocenters. The smallest absolute Gasteiger partial charge is 0.170 e. The number of ketones is 1. The fourth-order valence-corrected chi connectivity index (χ4v) is 2.99. The minimum atomic E-state index is 0.162. The van der Waals surface area contributed by atoms with Gasteiger partial charge in [0.2, 0.25) is 0 Å². The van der Waals surface area contributed by atoms with Gasteiger partial charge in [0.25, 0.3) is 0 Å². The average molecular weight is 259 g/mol. The number of hydrogen-bond donors (Lipinski definition) is 0. The predicted molar refractivity (Wildman–Crippen MR) is 83.3 cm³/mol. The summed E-state index contributed by atoms with van der Waals surface area (Å²) in [5, 5.41) is 4.54. The van der Waals surface area contributed by atoms with Gasteiger partial charge in [0, 0.05) is 12.6 Å². The highest BCUT2D eigenvalue weighted by Gasteiger charge is 2.19. The van der Waals surface area contributed by atoms with Crippen LogP contribution < -0.4 is 0 Å². The molecule has 20 heavy (non-hydrogen) atoms. The van der Waals surface area contributed by atoms with E-state index in [1.807, 2.05) is 18.2 Å². The lowest BCUT2D eigenvalue weighted by molar-refractivity contribution is 0.100. The summed E-state index contributed by atoms with van der Waals surface area (Å²) in [6.45, 7) is 2.08. The normalized spacial score (nSPS) is 13.9. The Morgan fingerprint density at radius 1 is 1.00 bits per heavy atom. The van der Waals surface area contributed by atoms with Gasteiger partial charge in [0.15, 0.2) is 5.78 Å². The molecule has 0 N–H and O–H groups in total. The molecule has 1 aliphatic heterocycles. The van der Waals surface area contributed by atoms with Crippen molar-refractivity contribution in [3.63, 3.8) is 0 Å². The summed E-state index contributed by atoms with van der Waals surface area (Å²) < 4.78 is 0. The van der Waals surface area contributed by atoms with Crippen LogP contribution in [0, 0.1) is 6.92 Å². The van der Waals surface area contributed by atoms with E-state index in [-0.39, 0.29) is 5.78 Å². The fourth-order valence-electron chi connectivity index (χ4n) is 2.99. The van der Waals surface area contributed by atoms with E-state index in [0.29, 0.717) is 6.42 Å². The summed E-state index contributed by atoms with van der Waals surface area (Å²) in [5.41, 5.74) is 2.75. The molecule has 0 unspecified atom stereocenters. The van der Waals surface area contributed by atoms with E-state index >= 15 is 0 Å². The third kappa shape index (κ3) is 1.51. The highest BCUT2D eigenvalue weighted by molar-refractivity contribution is 6.20. The second-order valence-corrected chi connectivity index (χ2v) is 5.27. The van der Waals surface area contributed by atoms with Crippen molar-refractivity contribution in [3.8, 4) is 0 Å². The van der Waals surface area contributed by atoms with Crippen molar-refractivity contribution >= 4 is 39.2 Å². The summed E-state index contributed by atoms with van der Waals surface area (Å²) in [5.74, 6) is 0.162. The summed E-state index contributed by atoms with van der Waals surface area (Å²) in [4.78, 5) is 16.6. The third-order valence-corrected chi connectivity index (χ3v) is 3.98. The van der Waals surface area contributed by atoms with Crippen molar-refractivity contribution in [2.45, 2.75) is 13.3 Å². The molecular weight excluding hydrogens is 246 g/mol. The first-order valence-electron chi connectivity index (χ1n) is 6.76. The first kappa shape index (κ1) is 11.4. The molecule has 3 aromatic rings. The molecule has 2 heteroatoms. The van der Waals surface area contributed by atoms with E-state index in [1.165, 1.54) is 5.39 Å². The minimum absolute atomic E-state index is 0.162. The quantitative estimate of drug-likeness (QED) is 0.543. The molecular formula is C18H13NO. The number of fused-ring (bicyclic) bond motifs is 4. The molecule has 0 radical (unpaired) electrons. The molecule has 0 aliphatic carbocycles. The van der Waals surface area contributed by atoms with E-state index in [4.69, 9.17) is 0 Å². The van der Waals surface area contributed by atoms with Crippen molar-refractivity contribution < 1.29 is 4.79 Å². The van der Waals surface area contributed by atoms with Crippen LogP contribution in [0.5, 0.6) is 0 Å². The van der Waals surface area contributed by atoms with Crippen molar-refractivity contribution in [2.24, 2.45) is 4.99 Å². The molecule has 0 spiro atoms. The fraction of sp³-hybridized carbons (Fsp3) is 0.111. The van der Waals surface area contributed by atoms with Crippen LogP contribution in [0.4, 0.5) is 5.69 Å². The maximum Gasteiger partial charge on any atom is 0.170 e. The Kier molecular flexibility index (Phi) is 2.27. The maximum atomic E-state index is 12.3. The molecule has 4 rings (SSSR count). The first-order valence-corrected chi connectivity index (χ1v) is 6.76. The largest absolute Gasteiger partial charge is 0.294 e. The minimum Gasteiger partial charge on any atom is -0.294 e. The van der Waals surface area contributed by atoms with Gasteiger partial charge in [-0.2, -0.15) is 0 Å². The molecule has 2 nitrogen and oxygen atoms in total. The van der Waals surface area contributed by atoms with Gasteiger partial charge in [-0.25, -0.2) is 0 Å². The number of nitrogens with zero attached hydrogens (tertiary/aromatic N) is 1. The Hall–Kier alpha value is -2.48. The number of benzene rings is 3. The van der Waals surface area contributed by atoms with Crippen LogP contribution in [0.25, 0.3) is 21.5 Å². The molecule has 0 saturated carbocycles. The first-order chi connectivity index (χ1) is 9.74. The molecule has 96 valence electrons. The topological polar surface area (TPSA) is 29.4 Å². The maximum absolute atomic E-state index is 12.3. The van der Waals surface area contributed by atoms with Crippen LogP contribution in [0.1, 0.15) is 22.3 Å². The van der Waals surface area contributed by atoms with E-state index < -0.39 is 0 Å².